The number of aliphatic hydroxyl groups is 1. The lowest BCUT2D eigenvalue weighted by Crippen LogP contribution is -2.05. The molecule has 1 aliphatic heterocycles. The van der Waals surface area contributed by atoms with Gasteiger partial charge in [-0.2, -0.15) is 0 Å². The van der Waals surface area contributed by atoms with Crippen molar-refractivity contribution < 1.29 is 14.6 Å². The van der Waals surface area contributed by atoms with Crippen molar-refractivity contribution in [2.45, 2.75) is 12.6 Å². The number of fused-ring (bicyclic) bond motifs is 4. The summed E-state index contributed by atoms with van der Waals surface area (Å²) in [6.07, 6.45) is 0.947. The molecule has 1 atom stereocenters. The van der Waals surface area contributed by atoms with Gasteiger partial charge in [-0.05, 0) is 35.4 Å². The average molecular weight is 346 g/mol. The minimum Gasteiger partial charge on any atom is -0.493 e. The summed E-state index contributed by atoms with van der Waals surface area (Å²) in [5.74, 6) is 1.26. The van der Waals surface area contributed by atoms with Gasteiger partial charge in [-0.15, -0.1) is 0 Å². The highest BCUT2D eigenvalue weighted by atomic mass is 16.5. The summed E-state index contributed by atoms with van der Waals surface area (Å²) in [5.41, 5.74) is 4.58. The second kappa shape index (κ2) is 5.47. The highest BCUT2D eigenvalue weighted by molar-refractivity contribution is 6.09. The molecule has 5 rings (SSSR count). The molecule has 0 amide bonds. The summed E-state index contributed by atoms with van der Waals surface area (Å²) in [6.45, 7) is 0.634. The second-order valence-electron chi connectivity index (χ2n) is 6.50. The van der Waals surface area contributed by atoms with Crippen LogP contribution in [0.15, 0.2) is 48.7 Å². The van der Waals surface area contributed by atoms with Crippen LogP contribution in [0.2, 0.25) is 0 Å². The molecule has 1 aliphatic rings. The van der Waals surface area contributed by atoms with Gasteiger partial charge in [0.05, 0.1) is 25.4 Å². The van der Waals surface area contributed by atoms with Gasteiger partial charge >= 0.3 is 0 Å². The number of methoxy groups -OCH3 is 2. The number of hydrogen-bond acceptors (Lipinski definition) is 4. The quantitative estimate of drug-likeness (QED) is 0.602. The van der Waals surface area contributed by atoms with Gasteiger partial charge in [-0.25, -0.2) is 0 Å². The van der Waals surface area contributed by atoms with Gasteiger partial charge < -0.3 is 19.1 Å². The van der Waals surface area contributed by atoms with E-state index >= 15 is 0 Å². The van der Waals surface area contributed by atoms with Gasteiger partial charge in [-0.1, -0.05) is 18.2 Å². The van der Waals surface area contributed by atoms with E-state index in [1.165, 1.54) is 5.39 Å². The molecule has 0 bridgehead atoms. The van der Waals surface area contributed by atoms with Crippen LogP contribution in [0.4, 0.5) is 0 Å². The number of nitrogens with zero attached hydrogens (tertiary/aromatic N) is 2. The van der Waals surface area contributed by atoms with E-state index in [9.17, 15) is 5.11 Å². The zero-order valence-corrected chi connectivity index (χ0v) is 14.6. The van der Waals surface area contributed by atoms with E-state index in [-0.39, 0.29) is 0 Å². The summed E-state index contributed by atoms with van der Waals surface area (Å²) < 4.78 is 13.1. The molecule has 1 N–H and O–H groups in total. The third-order valence-electron chi connectivity index (χ3n) is 5.23. The summed E-state index contributed by atoms with van der Waals surface area (Å²) >= 11 is 0. The van der Waals surface area contributed by atoms with Crippen LogP contribution < -0.4 is 9.47 Å². The first kappa shape index (κ1) is 15.2. The van der Waals surface area contributed by atoms with Crippen LogP contribution >= 0.6 is 0 Å². The Kier molecular flexibility index (Phi) is 3.21. The van der Waals surface area contributed by atoms with E-state index in [0.29, 0.717) is 23.7 Å². The molecule has 2 aromatic heterocycles. The SMILES string of the molecule is COc1cc2c(cc1OC)C(O)c1nccc3c4ccccc4n(c13)C2. The standard InChI is InChI=1S/C21H18N2O3/c1-25-17-9-12-11-23-16-6-4-3-5-13(16)14-7-8-22-19(20(14)23)21(24)15(12)10-18(17)26-2/h3-10,21,24H,11H2,1-2H3. The fourth-order valence-electron chi connectivity index (χ4n) is 4.04. The van der Waals surface area contributed by atoms with Crippen LogP contribution in [-0.2, 0) is 6.54 Å². The Morgan fingerprint density at radius 2 is 1.81 bits per heavy atom. The van der Waals surface area contributed by atoms with Crippen molar-refractivity contribution in [3.05, 3.63) is 65.5 Å². The van der Waals surface area contributed by atoms with Crippen molar-refractivity contribution in [3.8, 4) is 11.5 Å². The van der Waals surface area contributed by atoms with E-state index < -0.39 is 6.10 Å². The molecule has 1 unspecified atom stereocenters. The minimum atomic E-state index is -0.820. The third-order valence-corrected chi connectivity index (χ3v) is 5.23. The summed E-state index contributed by atoms with van der Waals surface area (Å²) in [5, 5.41) is 13.4. The van der Waals surface area contributed by atoms with Crippen molar-refractivity contribution in [3.63, 3.8) is 0 Å². The lowest BCUT2D eigenvalue weighted by atomic mass is 9.99. The molecule has 0 fully saturated rings. The first-order valence-electron chi connectivity index (χ1n) is 8.51. The summed E-state index contributed by atoms with van der Waals surface area (Å²) in [6, 6.07) is 14.1. The number of ether oxygens (including phenoxy) is 2. The fourth-order valence-corrected chi connectivity index (χ4v) is 4.04. The molecular weight excluding hydrogens is 328 g/mol. The number of rotatable bonds is 2. The highest BCUT2D eigenvalue weighted by Gasteiger charge is 2.28. The molecule has 0 spiro atoms. The van der Waals surface area contributed by atoms with Crippen molar-refractivity contribution >= 4 is 21.8 Å². The maximum absolute atomic E-state index is 11.1. The van der Waals surface area contributed by atoms with E-state index in [1.54, 1.807) is 20.4 Å². The van der Waals surface area contributed by atoms with Gasteiger partial charge in [-0.3, -0.25) is 4.98 Å². The normalized spacial score (nSPS) is 15.7. The lowest BCUT2D eigenvalue weighted by Gasteiger charge is -2.16. The molecule has 26 heavy (non-hydrogen) atoms. The third kappa shape index (κ3) is 1.92. The molecule has 5 nitrogen and oxygen atoms in total. The Balaban J connectivity index is 1.89. The molecule has 3 heterocycles. The Hall–Kier alpha value is -3.05. The highest BCUT2D eigenvalue weighted by Crippen LogP contribution is 2.41. The van der Waals surface area contributed by atoms with Crippen LogP contribution in [0.25, 0.3) is 21.8 Å². The Morgan fingerprint density at radius 1 is 1.04 bits per heavy atom. The van der Waals surface area contributed by atoms with E-state index in [1.807, 2.05) is 30.3 Å². The molecule has 0 saturated heterocycles. The smallest absolute Gasteiger partial charge is 0.161 e. The van der Waals surface area contributed by atoms with Crippen molar-refractivity contribution in [2.75, 3.05) is 14.2 Å². The average Bonchev–Trinajstić information content (AvgIpc) is 2.94. The number of hydrogen-bond donors (Lipinski definition) is 1. The van der Waals surface area contributed by atoms with Crippen LogP contribution in [0.5, 0.6) is 11.5 Å². The summed E-state index contributed by atoms with van der Waals surface area (Å²) in [4.78, 5) is 4.53. The lowest BCUT2D eigenvalue weighted by molar-refractivity contribution is 0.216. The zero-order valence-electron chi connectivity index (χ0n) is 14.6. The van der Waals surface area contributed by atoms with Crippen LogP contribution in [0.3, 0.4) is 0 Å². The Bertz CT molecular complexity index is 1160. The molecule has 0 saturated carbocycles. The van der Waals surface area contributed by atoms with Gasteiger partial charge in [0.25, 0.3) is 0 Å². The maximum atomic E-state index is 11.1. The zero-order chi connectivity index (χ0) is 17.8. The van der Waals surface area contributed by atoms with Gasteiger partial charge in [0, 0.05) is 29.0 Å². The second-order valence-corrected chi connectivity index (χ2v) is 6.50. The predicted molar refractivity (Wildman–Crippen MR) is 99.9 cm³/mol. The topological polar surface area (TPSA) is 56.5 Å². The number of pyridine rings is 1. The van der Waals surface area contributed by atoms with Crippen LogP contribution in [0.1, 0.15) is 22.9 Å². The van der Waals surface area contributed by atoms with Crippen LogP contribution in [-0.4, -0.2) is 28.9 Å². The van der Waals surface area contributed by atoms with Gasteiger partial charge in [0.15, 0.2) is 11.5 Å². The molecular formula is C21H18N2O3. The van der Waals surface area contributed by atoms with Gasteiger partial charge in [0.2, 0.25) is 0 Å². The van der Waals surface area contributed by atoms with Gasteiger partial charge in [0.1, 0.15) is 6.10 Å². The van der Waals surface area contributed by atoms with E-state index in [0.717, 1.165) is 27.5 Å². The maximum Gasteiger partial charge on any atom is 0.161 e. The first-order valence-corrected chi connectivity index (χ1v) is 8.51. The number of aromatic nitrogens is 2. The number of para-hydroxylation sites is 1. The van der Waals surface area contributed by atoms with E-state index in [4.69, 9.17) is 9.47 Å². The van der Waals surface area contributed by atoms with Crippen molar-refractivity contribution in [1.29, 1.82) is 0 Å². The number of benzene rings is 2. The van der Waals surface area contributed by atoms with Crippen molar-refractivity contribution in [2.24, 2.45) is 0 Å². The van der Waals surface area contributed by atoms with E-state index in [2.05, 4.69) is 21.7 Å². The molecule has 4 aromatic rings. The molecule has 130 valence electrons. The summed E-state index contributed by atoms with van der Waals surface area (Å²) in [7, 11) is 3.22. The van der Waals surface area contributed by atoms with Crippen molar-refractivity contribution in [1.82, 2.24) is 9.55 Å². The molecule has 2 aromatic carbocycles. The first-order chi connectivity index (χ1) is 12.7. The number of aliphatic hydroxyl groups excluding tert-OH is 1. The van der Waals surface area contributed by atoms with Crippen LogP contribution in [0, 0.1) is 0 Å². The largest absolute Gasteiger partial charge is 0.493 e. The molecule has 0 aliphatic carbocycles. The predicted octanol–water partition coefficient (Wildman–Crippen LogP) is 3.65. The fraction of sp³-hybridized carbons (Fsp3) is 0.190. The molecule has 0 radical (unpaired) electrons. The Labute approximate surface area is 150 Å². The Morgan fingerprint density at radius 3 is 2.62 bits per heavy atom. The molecule has 5 heteroatoms. The minimum absolute atomic E-state index is 0.605. The monoisotopic (exact) mass is 346 g/mol.